The van der Waals surface area contributed by atoms with Crippen LogP contribution in [-0.4, -0.2) is 39.3 Å². The minimum atomic E-state index is -0.142. The van der Waals surface area contributed by atoms with Gasteiger partial charge in [0.25, 0.3) is 5.91 Å². The second-order valence-corrected chi connectivity index (χ2v) is 6.75. The summed E-state index contributed by atoms with van der Waals surface area (Å²) in [7, 11) is 3.21. The Morgan fingerprint density at radius 3 is 2.46 bits per heavy atom. The minimum absolute atomic E-state index is 0.142. The van der Waals surface area contributed by atoms with E-state index < -0.39 is 0 Å². The van der Waals surface area contributed by atoms with Gasteiger partial charge in [-0.25, -0.2) is 0 Å². The van der Waals surface area contributed by atoms with Crippen molar-refractivity contribution in [1.29, 1.82) is 0 Å². The first-order chi connectivity index (χ1) is 12.7. The molecule has 0 aromatic heterocycles. The van der Waals surface area contributed by atoms with Gasteiger partial charge in [0.2, 0.25) is 0 Å². The van der Waals surface area contributed by atoms with Gasteiger partial charge < -0.3 is 20.1 Å². The number of nitrogens with one attached hydrogen (secondary N) is 2. The van der Waals surface area contributed by atoms with E-state index in [0.717, 1.165) is 17.3 Å². The highest BCUT2D eigenvalue weighted by atomic mass is 16.5. The van der Waals surface area contributed by atoms with E-state index >= 15 is 0 Å². The van der Waals surface area contributed by atoms with Crippen molar-refractivity contribution in [3.8, 4) is 11.5 Å². The normalized spacial score (nSPS) is 15.0. The summed E-state index contributed by atoms with van der Waals surface area (Å²) in [6, 6.07) is 10.1. The molecule has 2 N–H and O–H groups in total. The summed E-state index contributed by atoms with van der Waals surface area (Å²) in [5.41, 5.74) is 0.501. The summed E-state index contributed by atoms with van der Waals surface area (Å²) in [5.74, 6) is 1.11. The third kappa shape index (κ3) is 4.10. The fourth-order valence-electron chi connectivity index (χ4n) is 3.73. The van der Waals surface area contributed by atoms with Crippen LogP contribution in [0.4, 0.5) is 0 Å². The monoisotopic (exact) mass is 356 g/mol. The van der Waals surface area contributed by atoms with Crippen molar-refractivity contribution in [2.45, 2.75) is 38.1 Å². The van der Waals surface area contributed by atoms with Gasteiger partial charge in [-0.2, -0.15) is 0 Å². The molecule has 0 unspecified atom stereocenters. The molecule has 0 aliphatic heterocycles. The van der Waals surface area contributed by atoms with E-state index in [9.17, 15) is 4.79 Å². The lowest BCUT2D eigenvalue weighted by Crippen LogP contribution is -2.38. The lowest BCUT2D eigenvalue weighted by atomic mass is 9.95. The molecule has 26 heavy (non-hydrogen) atoms. The second-order valence-electron chi connectivity index (χ2n) is 6.75. The zero-order valence-electron chi connectivity index (χ0n) is 15.6. The van der Waals surface area contributed by atoms with Crippen molar-refractivity contribution >= 4 is 16.7 Å². The van der Waals surface area contributed by atoms with Crippen LogP contribution in [0.2, 0.25) is 0 Å². The molecule has 5 heteroatoms. The number of hydrogen-bond acceptors (Lipinski definition) is 4. The highest BCUT2D eigenvalue weighted by Crippen LogP contribution is 2.36. The van der Waals surface area contributed by atoms with E-state index in [-0.39, 0.29) is 5.91 Å². The van der Waals surface area contributed by atoms with Crippen LogP contribution in [0, 0.1) is 0 Å². The fourth-order valence-corrected chi connectivity index (χ4v) is 3.73. The standard InChI is InChI=1S/C21H28N2O3/c1-25-19-14-18(20(26-2)17-11-7-6-10-16(17)19)21(24)23-13-12-22-15-8-4-3-5-9-15/h6-7,10-11,14-15,22H,3-5,8-9,12-13H2,1-2H3,(H,23,24). The van der Waals surface area contributed by atoms with Crippen LogP contribution in [0.15, 0.2) is 30.3 Å². The van der Waals surface area contributed by atoms with Crippen LogP contribution in [0.1, 0.15) is 42.5 Å². The van der Waals surface area contributed by atoms with Gasteiger partial charge >= 0.3 is 0 Å². The SMILES string of the molecule is COc1cc(C(=O)NCCNC2CCCCC2)c(OC)c2ccccc12. The van der Waals surface area contributed by atoms with E-state index in [0.29, 0.717) is 29.6 Å². The topological polar surface area (TPSA) is 59.6 Å². The summed E-state index contributed by atoms with van der Waals surface area (Å²) in [6.07, 6.45) is 6.43. The Morgan fingerprint density at radius 2 is 1.77 bits per heavy atom. The lowest BCUT2D eigenvalue weighted by Gasteiger charge is -2.23. The molecule has 1 fully saturated rings. The van der Waals surface area contributed by atoms with Gasteiger partial charge in [-0.15, -0.1) is 0 Å². The van der Waals surface area contributed by atoms with Crippen molar-refractivity contribution in [2.24, 2.45) is 0 Å². The average Bonchev–Trinajstić information content (AvgIpc) is 2.70. The molecule has 1 aliphatic rings. The zero-order chi connectivity index (χ0) is 18.4. The predicted octanol–water partition coefficient (Wildman–Crippen LogP) is 3.51. The molecule has 0 atom stereocenters. The molecule has 0 heterocycles. The molecule has 2 aromatic rings. The Balaban J connectivity index is 1.69. The number of rotatable bonds is 7. The number of ether oxygens (including phenoxy) is 2. The third-order valence-electron chi connectivity index (χ3n) is 5.07. The van der Waals surface area contributed by atoms with Crippen LogP contribution >= 0.6 is 0 Å². The molecule has 0 radical (unpaired) electrons. The fraction of sp³-hybridized carbons (Fsp3) is 0.476. The molecular weight excluding hydrogens is 328 g/mol. The predicted molar refractivity (Wildman–Crippen MR) is 104 cm³/mol. The molecule has 140 valence electrons. The second kappa shape index (κ2) is 8.90. The smallest absolute Gasteiger partial charge is 0.255 e. The van der Waals surface area contributed by atoms with Gasteiger partial charge in [0.1, 0.15) is 11.5 Å². The maximum absolute atomic E-state index is 12.7. The van der Waals surface area contributed by atoms with Gasteiger partial charge in [-0.3, -0.25) is 4.79 Å². The summed E-state index contributed by atoms with van der Waals surface area (Å²) in [5, 5.41) is 8.34. The van der Waals surface area contributed by atoms with Gasteiger partial charge in [0.05, 0.1) is 19.8 Å². The number of amides is 1. The first kappa shape index (κ1) is 18.5. The maximum atomic E-state index is 12.7. The summed E-state index contributed by atoms with van der Waals surface area (Å²) in [6.45, 7) is 1.37. The minimum Gasteiger partial charge on any atom is -0.496 e. The van der Waals surface area contributed by atoms with E-state index in [2.05, 4.69) is 10.6 Å². The Morgan fingerprint density at radius 1 is 1.04 bits per heavy atom. The van der Waals surface area contributed by atoms with Crippen molar-refractivity contribution in [3.63, 3.8) is 0 Å². The molecule has 1 amide bonds. The molecule has 1 saturated carbocycles. The summed E-state index contributed by atoms with van der Waals surface area (Å²) >= 11 is 0. The number of carbonyl (C=O) groups excluding carboxylic acids is 1. The van der Waals surface area contributed by atoms with Crippen molar-refractivity contribution in [2.75, 3.05) is 27.3 Å². The Kier molecular flexibility index (Phi) is 6.34. The van der Waals surface area contributed by atoms with Crippen LogP contribution in [0.25, 0.3) is 10.8 Å². The van der Waals surface area contributed by atoms with E-state index in [4.69, 9.17) is 9.47 Å². The number of benzene rings is 2. The number of fused-ring (bicyclic) bond motifs is 1. The molecule has 0 saturated heterocycles. The molecule has 2 aromatic carbocycles. The van der Waals surface area contributed by atoms with Crippen LogP contribution in [-0.2, 0) is 0 Å². The summed E-state index contributed by atoms with van der Waals surface area (Å²) < 4.78 is 11.0. The third-order valence-corrected chi connectivity index (χ3v) is 5.07. The van der Waals surface area contributed by atoms with Gasteiger partial charge in [-0.1, -0.05) is 43.5 Å². The molecule has 3 rings (SSSR count). The number of carbonyl (C=O) groups is 1. The van der Waals surface area contributed by atoms with Gasteiger partial charge in [-0.05, 0) is 18.9 Å². The molecule has 5 nitrogen and oxygen atoms in total. The van der Waals surface area contributed by atoms with Crippen LogP contribution < -0.4 is 20.1 Å². The van der Waals surface area contributed by atoms with E-state index in [1.54, 1.807) is 20.3 Å². The molecule has 1 aliphatic carbocycles. The highest BCUT2D eigenvalue weighted by Gasteiger charge is 2.19. The number of methoxy groups -OCH3 is 2. The zero-order valence-corrected chi connectivity index (χ0v) is 15.6. The van der Waals surface area contributed by atoms with Crippen molar-refractivity contribution < 1.29 is 14.3 Å². The van der Waals surface area contributed by atoms with Gasteiger partial charge in [0, 0.05) is 29.9 Å². The van der Waals surface area contributed by atoms with Crippen LogP contribution in [0.3, 0.4) is 0 Å². The van der Waals surface area contributed by atoms with E-state index in [1.807, 2.05) is 24.3 Å². The Bertz CT molecular complexity index is 754. The van der Waals surface area contributed by atoms with E-state index in [1.165, 1.54) is 32.1 Å². The van der Waals surface area contributed by atoms with Gasteiger partial charge in [0.15, 0.2) is 0 Å². The first-order valence-corrected chi connectivity index (χ1v) is 9.40. The average molecular weight is 356 g/mol. The highest BCUT2D eigenvalue weighted by molar-refractivity contribution is 6.06. The number of hydrogen-bond donors (Lipinski definition) is 2. The van der Waals surface area contributed by atoms with Crippen molar-refractivity contribution in [1.82, 2.24) is 10.6 Å². The van der Waals surface area contributed by atoms with Crippen LogP contribution in [0.5, 0.6) is 11.5 Å². The van der Waals surface area contributed by atoms with Crippen molar-refractivity contribution in [3.05, 3.63) is 35.9 Å². The first-order valence-electron chi connectivity index (χ1n) is 9.40. The Labute approximate surface area is 155 Å². The molecule has 0 bridgehead atoms. The Hall–Kier alpha value is -2.27. The molecular formula is C21H28N2O3. The largest absolute Gasteiger partial charge is 0.496 e. The maximum Gasteiger partial charge on any atom is 0.255 e. The molecule has 0 spiro atoms. The summed E-state index contributed by atoms with van der Waals surface area (Å²) in [4.78, 5) is 12.7. The lowest BCUT2D eigenvalue weighted by molar-refractivity contribution is 0.0950. The quantitative estimate of drug-likeness (QED) is 0.746.